The van der Waals surface area contributed by atoms with E-state index in [1.54, 1.807) is 22.8 Å². The number of amides is 1. The maximum absolute atomic E-state index is 10.7. The van der Waals surface area contributed by atoms with Crippen molar-refractivity contribution in [1.82, 2.24) is 29.8 Å². The van der Waals surface area contributed by atoms with Gasteiger partial charge in [0.2, 0.25) is 6.41 Å². The highest BCUT2D eigenvalue weighted by molar-refractivity contribution is 7.99. The van der Waals surface area contributed by atoms with Gasteiger partial charge in [0.15, 0.2) is 5.16 Å². The molecule has 0 radical (unpaired) electrons. The lowest BCUT2D eigenvalue weighted by molar-refractivity contribution is -0.105. The zero-order valence-corrected chi connectivity index (χ0v) is 16.7. The largest absolute Gasteiger partial charge is 0.329 e. The van der Waals surface area contributed by atoms with Crippen molar-refractivity contribution >= 4 is 23.9 Å². The number of aromatic nitrogens is 6. The van der Waals surface area contributed by atoms with Crippen LogP contribution >= 0.6 is 11.8 Å². The van der Waals surface area contributed by atoms with E-state index in [2.05, 4.69) is 44.9 Å². The van der Waals surface area contributed by atoms with Crippen LogP contribution in [-0.4, -0.2) is 36.2 Å². The van der Waals surface area contributed by atoms with E-state index in [0.717, 1.165) is 27.7 Å². The van der Waals surface area contributed by atoms with Crippen molar-refractivity contribution in [1.29, 1.82) is 0 Å². The number of benzene rings is 2. The van der Waals surface area contributed by atoms with Gasteiger partial charge in [0, 0.05) is 23.5 Å². The van der Waals surface area contributed by atoms with Crippen molar-refractivity contribution in [2.24, 2.45) is 7.05 Å². The number of hydrogen-bond acceptors (Lipinski definition) is 6. The van der Waals surface area contributed by atoms with Gasteiger partial charge in [-0.15, -0.1) is 15.3 Å². The molecule has 2 aromatic heterocycles. The van der Waals surface area contributed by atoms with Gasteiger partial charge < -0.3 is 9.88 Å². The summed E-state index contributed by atoms with van der Waals surface area (Å²) in [5.74, 6) is 0. The Kier molecular flexibility index (Phi) is 5.39. The number of anilines is 1. The first-order valence-corrected chi connectivity index (χ1v) is 9.86. The number of nitrogens with one attached hydrogen (secondary N) is 1. The summed E-state index contributed by atoms with van der Waals surface area (Å²) in [7, 11) is 1.93. The fourth-order valence-corrected chi connectivity index (χ4v) is 3.79. The Balaban J connectivity index is 1.57. The van der Waals surface area contributed by atoms with Crippen molar-refractivity contribution in [3.63, 3.8) is 0 Å². The smallest absolute Gasteiger partial charge is 0.211 e. The average Bonchev–Trinajstić information content (AvgIpc) is 3.38. The number of thioether (sulfide) groups is 1. The Morgan fingerprint density at radius 3 is 2.79 bits per heavy atom. The predicted octanol–water partition coefficient (Wildman–Crippen LogP) is 3.48. The molecule has 9 heteroatoms. The molecule has 4 aromatic rings. The molecule has 0 spiro atoms. The molecular weight excluding hydrogens is 386 g/mol. The molecule has 8 nitrogen and oxygen atoms in total. The number of aryl methyl sites for hydroxylation is 1. The van der Waals surface area contributed by atoms with Crippen LogP contribution in [0.5, 0.6) is 0 Å². The highest BCUT2D eigenvalue weighted by Crippen LogP contribution is 2.34. The Labute approximate surface area is 172 Å². The monoisotopic (exact) mass is 405 g/mol. The van der Waals surface area contributed by atoms with Gasteiger partial charge >= 0.3 is 0 Å². The van der Waals surface area contributed by atoms with Crippen LogP contribution in [0.25, 0.3) is 16.9 Å². The van der Waals surface area contributed by atoms with Crippen LogP contribution in [0.4, 0.5) is 5.69 Å². The number of carbonyl (C=O) groups is 1. The van der Waals surface area contributed by atoms with Crippen molar-refractivity contribution in [2.45, 2.75) is 17.3 Å². The van der Waals surface area contributed by atoms with Gasteiger partial charge in [0.25, 0.3) is 0 Å². The van der Waals surface area contributed by atoms with E-state index in [0.29, 0.717) is 12.1 Å². The van der Waals surface area contributed by atoms with Crippen LogP contribution in [0.15, 0.2) is 66.2 Å². The zero-order chi connectivity index (χ0) is 20.2. The fourth-order valence-electron chi connectivity index (χ4n) is 2.88. The first-order valence-electron chi connectivity index (χ1n) is 8.98. The van der Waals surface area contributed by atoms with Crippen molar-refractivity contribution in [2.75, 3.05) is 5.32 Å². The highest BCUT2D eigenvalue weighted by Gasteiger charge is 2.13. The second-order valence-corrected chi connectivity index (χ2v) is 7.78. The van der Waals surface area contributed by atoms with E-state index < -0.39 is 0 Å². The highest BCUT2D eigenvalue weighted by atomic mass is 32.2. The minimum absolute atomic E-state index is 0.201. The van der Waals surface area contributed by atoms with E-state index in [1.807, 2.05) is 54.2 Å². The molecule has 1 N–H and O–H groups in total. The molecule has 0 aliphatic heterocycles. The van der Waals surface area contributed by atoms with Gasteiger partial charge in [0.1, 0.15) is 12.0 Å². The summed E-state index contributed by atoms with van der Waals surface area (Å²) in [4.78, 5) is 10.7. The van der Waals surface area contributed by atoms with Gasteiger partial charge in [-0.3, -0.25) is 4.79 Å². The SMILES string of the molecule is C[C@H](Sc1nncn1C)c1cccc(-n2cc(-c3cccc(NC=O)c3)nn2)c1. The Morgan fingerprint density at radius 2 is 2.00 bits per heavy atom. The molecule has 1 amide bonds. The van der Waals surface area contributed by atoms with Crippen LogP contribution in [0, 0.1) is 0 Å². The fraction of sp³-hybridized carbons (Fsp3) is 0.150. The van der Waals surface area contributed by atoms with Gasteiger partial charge in [-0.05, 0) is 36.8 Å². The summed E-state index contributed by atoms with van der Waals surface area (Å²) < 4.78 is 3.65. The van der Waals surface area contributed by atoms with E-state index in [-0.39, 0.29) is 5.25 Å². The van der Waals surface area contributed by atoms with Crippen molar-refractivity contribution in [3.05, 3.63) is 66.6 Å². The molecule has 2 aromatic carbocycles. The lowest BCUT2D eigenvalue weighted by Crippen LogP contribution is -1.98. The molecular formula is C20H19N7OS. The topological polar surface area (TPSA) is 90.5 Å². The van der Waals surface area contributed by atoms with Crippen LogP contribution in [-0.2, 0) is 11.8 Å². The number of carbonyl (C=O) groups excluding carboxylic acids is 1. The first-order chi connectivity index (χ1) is 14.1. The molecule has 0 bridgehead atoms. The second-order valence-electron chi connectivity index (χ2n) is 6.47. The molecule has 0 aliphatic rings. The second kappa shape index (κ2) is 8.27. The third-order valence-electron chi connectivity index (χ3n) is 4.43. The summed E-state index contributed by atoms with van der Waals surface area (Å²) in [6.07, 6.45) is 4.23. The number of rotatable bonds is 7. The maximum atomic E-state index is 10.7. The lowest BCUT2D eigenvalue weighted by Gasteiger charge is -2.12. The minimum Gasteiger partial charge on any atom is -0.329 e. The maximum Gasteiger partial charge on any atom is 0.211 e. The quantitative estimate of drug-likeness (QED) is 0.374. The molecule has 4 rings (SSSR count). The zero-order valence-electron chi connectivity index (χ0n) is 15.9. The van der Waals surface area contributed by atoms with E-state index in [9.17, 15) is 4.79 Å². The molecule has 0 saturated carbocycles. The predicted molar refractivity (Wildman–Crippen MR) is 112 cm³/mol. The van der Waals surface area contributed by atoms with Crippen molar-refractivity contribution in [3.8, 4) is 16.9 Å². The number of hydrogen-bond donors (Lipinski definition) is 1. The Morgan fingerprint density at radius 1 is 1.14 bits per heavy atom. The van der Waals surface area contributed by atoms with E-state index in [1.165, 1.54) is 0 Å². The standard InChI is InChI=1S/C20H19N7OS/c1-14(29-20-24-22-12-26(20)2)15-5-4-8-18(10-15)27-11-19(23-25-27)16-6-3-7-17(9-16)21-13-28/h3-14H,1-2H3,(H,21,28)/t14-/m0/s1. The third kappa shape index (κ3) is 4.19. The summed E-state index contributed by atoms with van der Waals surface area (Å²) in [6, 6.07) is 15.7. The molecule has 1 atom stereocenters. The van der Waals surface area contributed by atoms with E-state index in [4.69, 9.17) is 0 Å². The average molecular weight is 405 g/mol. The first kappa shape index (κ1) is 18.9. The molecule has 0 unspecified atom stereocenters. The number of nitrogens with zero attached hydrogens (tertiary/aromatic N) is 6. The van der Waals surface area contributed by atoms with E-state index >= 15 is 0 Å². The van der Waals surface area contributed by atoms with Gasteiger partial charge in [-0.25, -0.2) is 4.68 Å². The third-order valence-corrected chi connectivity index (χ3v) is 5.64. The minimum atomic E-state index is 0.201. The molecule has 0 fully saturated rings. The summed E-state index contributed by atoms with van der Waals surface area (Å²) in [5.41, 5.74) is 4.40. The van der Waals surface area contributed by atoms with Crippen LogP contribution < -0.4 is 5.32 Å². The Bertz CT molecular complexity index is 1140. The van der Waals surface area contributed by atoms with Crippen LogP contribution in [0.1, 0.15) is 17.7 Å². The normalized spacial score (nSPS) is 11.9. The van der Waals surface area contributed by atoms with Gasteiger partial charge in [-0.2, -0.15) is 0 Å². The van der Waals surface area contributed by atoms with Gasteiger partial charge in [0.05, 0.1) is 11.9 Å². The van der Waals surface area contributed by atoms with Crippen molar-refractivity contribution < 1.29 is 4.79 Å². The molecule has 29 heavy (non-hydrogen) atoms. The van der Waals surface area contributed by atoms with Gasteiger partial charge in [-0.1, -0.05) is 41.2 Å². The molecule has 0 saturated heterocycles. The van der Waals surface area contributed by atoms with Crippen LogP contribution in [0.2, 0.25) is 0 Å². The molecule has 2 heterocycles. The summed E-state index contributed by atoms with van der Waals surface area (Å²) >= 11 is 1.65. The Hall–Kier alpha value is -3.46. The van der Waals surface area contributed by atoms with Crippen LogP contribution in [0.3, 0.4) is 0 Å². The lowest BCUT2D eigenvalue weighted by atomic mass is 10.1. The summed E-state index contributed by atoms with van der Waals surface area (Å²) in [5, 5.41) is 20.3. The molecule has 0 aliphatic carbocycles. The summed E-state index contributed by atoms with van der Waals surface area (Å²) in [6.45, 7) is 2.14. The molecule has 146 valence electrons.